The molecule has 2 amide bonds. The van der Waals surface area contributed by atoms with E-state index >= 15 is 0 Å². The Hall–Kier alpha value is -4.42. The van der Waals surface area contributed by atoms with Crippen molar-refractivity contribution >= 4 is 37.7 Å². The van der Waals surface area contributed by atoms with Gasteiger partial charge in [-0.1, -0.05) is 66.7 Å². The smallest absolute Gasteiger partial charge is 0.264 e. The molecule has 2 aliphatic heterocycles. The van der Waals surface area contributed by atoms with E-state index in [1.165, 1.54) is 0 Å². The normalized spacial score (nSPS) is 22.8. The van der Waals surface area contributed by atoms with Crippen LogP contribution in [0, 0.1) is 5.92 Å². The lowest BCUT2D eigenvalue weighted by Crippen LogP contribution is -2.46. The van der Waals surface area contributed by atoms with Crippen LogP contribution in [0.15, 0.2) is 97.7 Å². The minimum atomic E-state index is -2.89. The molecule has 11 heteroatoms. The summed E-state index contributed by atoms with van der Waals surface area (Å²) in [7, 11) is -2.89. The lowest BCUT2D eigenvalue weighted by molar-refractivity contribution is -0.145. The number of benzene rings is 3. The number of rotatable bonds is 12. The Morgan fingerprint density at radius 2 is 1.79 bits per heavy atom. The van der Waals surface area contributed by atoms with E-state index < -0.39 is 20.0 Å². The summed E-state index contributed by atoms with van der Waals surface area (Å²) in [6, 6.07) is 24.6. The molecule has 47 heavy (non-hydrogen) atoms. The molecule has 0 aliphatic carbocycles. The summed E-state index contributed by atoms with van der Waals surface area (Å²) < 4.78 is 8.69. The Balaban J connectivity index is 1.34. The topological polar surface area (TPSA) is 121 Å². The Labute approximate surface area is 276 Å². The van der Waals surface area contributed by atoms with Crippen LogP contribution in [0.2, 0.25) is 18.6 Å². The first-order valence-electron chi connectivity index (χ1n) is 16.0. The number of nitrogens with zero attached hydrogens (tertiary/aromatic N) is 5. The Morgan fingerprint density at radius 1 is 1.09 bits per heavy atom. The average Bonchev–Trinajstić information content (AvgIpc) is 3.72. The molecule has 0 radical (unpaired) electrons. The average molecular weight is 652 g/mol. The van der Waals surface area contributed by atoms with Crippen LogP contribution in [0.1, 0.15) is 36.1 Å². The van der Waals surface area contributed by atoms with Gasteiger partial charge in [0.15, 0.2) is 13.9 Å². The second kappa shape index (κ2) is 13.0. The lowest BCUT2D eigenvalue weighted by atomic mass is 9.82. The predicted molar refractivity (Wildman–Crippen MR) is 183 cm³/mol. The molecular formula is C36H41N5O5Si. The lowest BCUT2D eigenvalue weighted by Gasteiger charge is -2.32. The monoisotopic (exact) mass is 651 g/mol. The maximum Gasteiger partial charge on any atom is 0.264 e. The summed E-state index contributed by atoms with van der Waals surface area (Å²) in [6.07, 6.45) is 4.33. The number of aryl methyl sites for hydroxylation is 1. The van der Waals surface area contributed by atoms with Crippen LogP contribution in [-0.2, 0) is 26.5 Å². The van der Waals surface area contributed by atoms with E-state index in [1.807, 2.05) is 105 Å². The number of carbonyl (C=O) groups is 2. The van der Waals surface area contributed by atoms with Gasteiger partial charge in [-0.25, -0.2) is 0 Å². The number of ether oxygens (including phenoxy) is 1. The van der Waals surface area contributed by atoms with E-state index in [0.29, 0.717) is 47.8 Å². The molecule has 1 fully saturated rings. The van der Waals surface area contributed by atoms with E-state index in [0.717, 1.165) is 12.0 Å². The number of fused-ring (bicyclic) bond motifs is 2. The number of carbonyl (C=O) groups excluding carboxylic acids is 2. The van der Waals surface area contributed by atoms with E-state index in [-0.39, 0.29) is 29.9 Å². The first kappa shape index (κ1) is 32.5. The standard InChI is InChI=1S/C36H41N5O5Si/c1-5-19-40-32-17-16-28(41(24-43)27-14-10-7-11-15-27)21-30(32)36(35(40)44)25(2)34(47(3,4)45)33(46-36)18-20-39-22-31(37-38-39)29(23-42)26-12-8-6-9-13-26/h5-17,21-22,24-25,29,33-34,42,45H,1,18-20,23H2,2-4H3/t25-,29?,33+,34-,36+/m0/s1. The van der Waals surface area contributed by atoms with Gasteiger partial charge in [-0.2, -0.15) is 0 Å². The maximum absolute atomic E-state index is 14.5. The molecule has 4 aromatic rings. The number of aliphatic hydroxyl groups excluding tert-OH is 1. The molecule has 244 valence electrons. The van der Waals surface area contributed by atoms with Gasteiger partial charge in [0.05, 0.1) is 30.0 Å². The second-order valence-electron chi connectivity index (χ2n) is 12.9. The first-order chi connectivity index (χ1) is 22.6. The third-order valence-electron chi connectivity index (χ3n) is 9.64. The van der Waals surface area contributed by atoms with Crippen LogP contribution >= 0.6 is 0 Å². The third kappa shape index (κ3) is 5.73. The van der Waals surface area contributed by atoms with Gasteiger partial charge < -0.3 is 19.5 Å². The zero-order valence-corrected chi connectivity index (χ0v) is 27.9. The van der Waals surface area contributed by atoms with E-state index in [9.17, 15) is 19.5 Å². The van der Waals surface area contributed by atoms with Crippen molar-refractivity contribution in [1.29, 1.82) is 0 Å². The van der Waals surface area contributed by atoms with E-state index in [2.05, 4.69) is 16.9 Å². The predicted octanol–water partition coefficient (Wildman–Crippen LogP) is 5.12. The second-order valence-corrected chi connectivity index (χ2v) is 16.9. The highest BCUT2D eigenvalue weighted by Crippen LogP contribution is 2.60. The summed E-state index contributed by atoms with van der Waals surface area (Å²) in [5, 5.41) is 18.8. The third-order valence-corrected chi connectivity index (χ3v) is 12.1. The molecule has 1 spiro atoms. The number of aromatic nitrogens is 3. The van der Waals surface area contributed by atoms with Crippen molar-refractivity contribution in [3.05, 3.63) is 115 Å². The summed E-state index contributed by atoms with van der Waals surface area (Å²) >= 11 is 0. The molecule has 3 aromatic carbocycles. The molecule has 10 nitrogen and oxygen atoms in total. The van der Waals surface area contributed by atoms with Crippen LogP contribution in [0.5, 0.6) is 0 Å². The van der Waals surface area contributed by atoms with Crippen molar-refractivity contribution in [1.82, 2.24) is 15.0 Å². The van der Waals surface area contributed by atoms with Crippen LogP contribution in [0.4, 0.5) is 17.1 Å². The van der Waals surface area contributed by atoms with Crippen molar-refractivity contribution in [2.24, 2.45) is 5.92 Å². The number of aliphatic hydroxyl groups is 1. The highest BCUT2D eigenvalue weighted by Gasteiger charge is 2.66. The molecule has 0 saturated carbocycles. The van der Waals surface area contributed by atoms with Gasteiger partial charge >= 0.3 is 0 Å². The summed E-state index contributed by atoms with van der Waals surface area (Å²) in [5.41, 5.74) is 2.68. The molecule has 3 heterocycles. The molecule has 6 rings (SSSR count). The minimum absolute atomic E-state index is 0.0998. The van der Waals surface area contributed by atoms with Crippen LogP contribution in [-0.4, -0.2) is 64.8 Å². The number of hydrogen-bond donors (Lipinski definition) is 2. The van der Waals surface area contributed by atoms with Gasteiger partial charge in [-0.3, -0.25) is 19.2 Å². The van der Waals surface area contributed by atoms with Crippen molar-refractivity contribution < 1.29 is 24.2 Å². The van der Waals surface area contributed by atoms with Gasteiger partial charge in [0.25, 0.3) is 5.91 Å². The van der Waals surface area contributed by atoms with Gasteiger partial charge in [-0.05, 0) is 55.4 Å². The summed E-state index contributed by atoms with van der Waals surface area (Å²) in [6.45, 7) is 10.3. The molecule has 0 bridgehead atoms. The highest BCUT2D eigenvalue weighted by atomic mass is 28.4. The molecule has 2 aliphatic rings. The number of amides is 2. The van der Waals surface area contributed by atoms with Crippen molar-refractivity contribution in [3.63, 3.8) is 0 Å². The Bertz CT molecular complexity index is 1740. The minimum Gasteiger partial charge on any atom is -0.432 e. The molecule has 1 aromatic heterocycles. The molecule has 5 atom stereocenters. The highest BCUT2D eigenvalue weighted by molar-refractivity contribution is 6.71. The fourth-order valence-electron chi connectivity index (χ4n) is 7.55. The van der Waals surface area contributed by atoms with Crippen molar-refractivity contribution in [2.45, 2.75) is 56.1 Å². The molecule has 2 N–H and O–H groups in total. The van der Waals surface area contributed by atoms with Crippen LogP contribution in [0.3, 0.4) is 0 Å². The fraction of sp³-hybridized carbons (Fsp3) is 0.333. The number of anilines is 3. The fourth-order valence-corrected chi connectivity index (χ4v) is 10.2. The zero-order valence-electron chi connectivity index (χ0n) is 26.9. The molecule has 1 unspecified atom stereocenters. The summed E-state index contributed by atoms with van der Waals surface area (Å²) in [4.78, 5) is 41.8. The van der Waals surface area contributed by atoms with Crippen LogP contribution < -0.4 is 9.80 Å². The number of hydrogen-bond acceptors (Lipinski definition) is 7. The van der Waals surface area contributed by atoms with E-state index in [1.54, 1.807) is 20.6 Å². The van der Waals surface area contributed by atoms with Crippen molar-refractivity contribution in [2.75, 3.05) is 23.0 Å². The zero-order chi connectivity index (χ0) is 33.3. The Kier molecular flexibility index (Phi) is 8.99. The Morgan fingerprint density at radius 3 is 2.43 bits per heavy atom. The van der Waals surface area contributed by atoms with Gasteiger partial charge in [0.2, 0.25) is 6.41 Å². The van der Waals surface area contributed by atoms with Crippen LogP contribution in [0.25, 0.3) is 0 Å². The van der Waals surface area contributed by atoms with Gasteiger partial charge in [-0.15, -0.1) is 11.7 Å². The van der Waals surface area contributed by atoms with Crippen molar-refractivity contribution in [3.8, 4) is 0 Å². The first-order valence-corrected chi connectivity index (χ1v) is 19.0. The molecular weight excluding hydrogens is 611 g/mol. The van der Waals surface area contributed by atoms with E-state index in [4.69, 9.17) is 4.74 Å². The summed E-state index contributed by atoms with van der Waals surface area (Å²) in [5.74, 6) is -0.858. The quantitative estimate of drug-likeness (QED) is 0.124. The van der Waals surface area contributed by atoms with Gasteiger partial charge in [0.1, 0.15) is 0 Å². The molecule has 1 saturated heterocycles. The maximum atomic E-state index is 14.5. The van der Waals surface area contributed by atoms with Gasteiger partial charge in [0, 0.05) is 47.7 Å². The SMILES string of the molecule is C=CCN1C(=O)[C@]2(O[C@H](CCn3cc(C(CO)c4ccccc4)nn3)[C@@H]([Si](C)(C)O)[C@@H]2C)c2cc(N(C=O)c3ccccc3)ccc21. The number of para-hydroxylation sites is 1. The largest absolute Gasteiger partial charge is 0.432 e.